The Kier molecular flexibility index (Phi) is 7.65. The van der Waals surface area contributed by atoms with E-state index < -0.39 is 12.0 Å². The van der Waals surface area contributed by atoms with E-state index in [0.717, 1.165) is 23.1 Å². The Morgan fingerprint density at radius 2 is 1.78 bits per heavy atom. The maximum Gasteiger partial charge on any atom is 0.311 e. The first-order valence-electron chi connectivity index (χ1n) is 10.7. The summed E-state index contributed by atoms with van der Waals surface area (Å²) in [6.45, 7) is 3.00. The van der Waals surface area contributed by atoms with Gasteiger partial charge in [-0.25, -0.2) is 0 Å². The van der Waals surface area contributed by atoms with Crippen molar-refractivity contribution in [2.45, 2.75) is 25.8 Å². The van der Waals surface area contributed by atoms with Crippen LogP contribution < -0.4 is 11.1 Å². The van der Waals surface area contributed by atoms with Crippen LogP contribution >= 0.6 is 0 Å². The van der Waals surface area contributed by atoms with E-state index in [-0.39, 0.29) is 17.8 Å². The van der Waals surface area contributed by atoms with Crippen LogP contribution in [0.2, 0.25) is 0 Å². The lowest BCUT2D eigenvalue weighted by atomic mass is 9.91. The van der Waals surface area contributed by atoms with Crippen molar-refractivity contribution in [3.8, 4) is 11.1 Å². The number of esters is 1. The van der Waals surface area contributed by atoms with Crippen LogP contribution in [0, 0.1) is 11.3 Å². The Morgan fingerprint density at radius 1 is 1.12 bits per heavy atom. The maximum atomic E-state index is 12.8. The Balaban J connectivity index is 1.67. The zero-order valence-corrected chi connectivity index (χ0v) is 18.5. The number of hydrogen-bond donors (Lipinski definition) is 3. The molecule has 2 aromatic rings. The number of carbonyl (C=O) groups excluding carboxylic acids is 2. The third-order valence-corrected chi connectivity index (χ3v) is 5.77. The lowest BCUT2D eigenvalue weighted by Gasteiger charge is -2.30. The Labute approximate surface area is 188 Å². The highest BCUT2D eigenvalue weighted by atomic mass is 16.5. The quantitative estimate of drug-likeness (QED) is 0.268. The van der Waals surface area contributed by atoms with Gasteiger partial charge in [0.15, 0.2) is 5.96 Å². The lowest BCUT2D eigenvalue weighted by molar-refractivity contribution is -0.146. The van der Waals surface area contributed by atoms with Gasteiger partial charge < -0.3 is 20.7 Å². The molecule has 0 fully saturated rings. The van der Waals surface area contributed by atoms with Crippen LogP contribution in [-0.4, -0.2) is 49.0 Å². The Hall–Kier alpha value is -3.61. The number of ether oxygens (including phenoxy) is 1. The van der Waals surface area contributed by atoms with E-state index in [9.17, 15) is 9.59 Å². The highest BCUT2D eigenvalue weighted by Crippen LogP contribution is 2.23. The van der Waals surface area contributed by atoms with Crippen LogP contribution in [0.4, 0.5) is 0 Å². The molecule has 7 nitrogen and oxygen atoms in total. The molecule has 1 unspecified atom stereocenters. The molecule has 0 spiro atoms. The molecule has 32 heavy (non-hydrogen) atoms. The Morgan fingerprint density at radius 3 is 2.41 bits per heavy atom. The van der Waals surface area contributed by atoms with Crippen molar-refractivity contribution < 1.29 is 14.3 Å². The van der Waals surface area contributed by atoms with Gasteiger partial charge in [-0.05, 0) is 43.0 Å². The molecule has 1 heterocycles. The minimum atomic E-state index is -0.536. The van der Waals surface area contributed by atoms with Crippen LogP contribution in [0.5, 0.6) is 0 Å². The van der Waals surface area contributed by atoms with E-state index >= 15 is 0 Å². The standard InChI is InChI=1S/C25H30N4O3/c1-17(22(24(31)32-2)15-18-7-6-14-29(16-18)25(26)27)28-23(30)21-12-10-20(11-13-21)19-8-4-3-5-9-19/h3-5,7-13,17,22H,6,14-16H2,1-2H3,(H3,26,27)(H,28,30)/t17?,22-/m1/s1. The molecule has 1 amide bonds. The number of amides is 1. The summed E-state index contributed by atoms with van der Waals surface area (Å²) in [7, 11) is 1.35. The van der Waals surface area contributed by atoms with E-state index in [4.69, 9.17) is 15.9 Å². The van der Waals surface area contributed by atoms with Gasteiger partial charge in [0.05, 0.1) is 13.0 Å². The summed E-state index contributed by atoms with van der Waals surface area (Å²) in [4.78, 5) is 27.1. The molecular formula is C25H30N4O3. The van der Waals surface area contributed by atoms with Gasteiger partial charge in [0.1, 0.15) is 0 Å². The number of hydrogen-bond acceptors (Lipinski definition) is 4. The highest BCUT2D eigenvalue weighted by molar-refractivity contribution is 5.95. The van der Waals surface area contributed by atoms with Crippen molar-refractivity contribution in [3.05, 3.63) is 71.8 Å². The molecule has 0 bridgehead atoms. The summed E-state index contributed by atoms with van der Waals surface area (Å²) in [6.07, 6.45) is 3.27. The monoisotopic (exact) mass is 434 g/mol. The molecule has 168 valence electrons. The predicted molar refractivity (Wildman–Crippen MR) is 125 cm³/mol. The number of methoxy groups -OCH3 is 1. The molecule has 2 atom stereocenters. The second-order valence-corrected chi connectivity index (χ2v) is 8.00. The van der Waals surface area contributed by atoms with Gasteiger partial charge in [-0.2, -0.15) is 0 Å². The van der Waals surface area contributed by atoms with E-state index in [1.807, 2.05) is 49.4 Å². The minimum Gasteiger partial charge on any atom is -0.469 e. The first-order chi connectivity index (χ1) is 15.4. The van der Waals surface area contributed by atoms with Crippen molar-refractivity contribution in [2.24, 2.45) is 11.7 Å². The zero-order chi connectivity index (χ0) is 23.1. The SMILES string of the molecule is COC(=O)[C@H](CC1=CCCN(C(=N)N)C1)C(C)NC(=O)c1ccc(-c2ccccc2)cc1. The fourth-order valence-corrected chi connectivity index (χ4v) is 3.90. The molecule has 7 heteroatoms. The molecule has 1 aliphatic heterocycles. The van der Waals surface area contributed by atoms with Gasteiger partial charge in [-0.1, -0.05) is 54.1 Å². The van der Waals surface area contributed by atoms with Gasteiger partial charge in [-0.3, -0.25) is 15.0 Å². The second-order valence-electron chi connectivity index (χ2n) is 8.00. The predicted octanol–water partition coefficient (Wildman–Crippen LogP) is 3.18. The fraction of sp³-hybridized carbons (Fsp3) is 0.320. The zero-order valence-electron chi connectivity index (χ0n) is 18.5. The number of guanidine groups is 1. The van der Waals surface area contributed by atoms with Crippen LogP contribution in [0.3, 0.4) is 0 Å². The van der Waals surface area contributed by atoms with Crippen molar-refractivity contribution in [2.75, 3.05) is 20.2 Å². The summed E-state index contributed by atoms with van der Waals surface area (Å²) in [5, 5.41) is 10.6. The number of rotatable bonds is 7. The number of nitrogens with zero attached hydrogens (tertiary/aromatic N) is 1. The summed E-state index contributed by atoms with van der Waals surface area (Å²) in [5.74, 6) is -1.14. The maximum absolute atomic E-state index is 12.8. The third-order valence-electron chi connectivity index (χ3n) is 5.77. The molecule has 0 aromatic heterocycles. The Bertz CT molecular complexity index is 986. The van der Waals surface area contributed by atoms with Gasteiger partial charge in [0.2, 0.25) is 0 Å². The molecule has 2 aromatic carbocycles. The molecule has 0 aliphatic carbocycles. The second kappa shape index (κ2) is 10.6. The summed E-state index contributed by atoms with van der Waals surface area (Å²) in [5.41, 5.74) is 9.27. The topological polar surface area (TPSA) is 109 Å². The van der Waals surface area contributed by atoms with Gasteiger partial charge in [0, 0.05) is 24.7 Å². The van der Waals surface area contributed by atoms with Gasteiger partial charge in [-0.15, -0.1) is 0 Å². The summed E-state index contributed by atoms with van der Waals surface area (Å²) >= 11 is 0. The number of benzene rings is 2. The molecule has 1 aliphatic rings. The lowest BCUT2D eigenvalue weighted by Crippen LogP contribution is -2.44. The van der Waals surface area contributed by atoms with Crippen LogP contribution in [0.15, 0.2) is 66.2 Å². The first kappa shape index (κ1) is 23.1. The van der Waals surface area contributed by atoms with Gasteiger partial charge >= 0.3 is 5.97 Å². The highest BCUT2D eigenvalue weighted by Gasteiger charge is 2.29. The average Bonchev–Trinajstić information content (AvgIpc) is 2.82. The summed E-state index contributed by atoms with van der Waals surface area (Å²) in [6, 6.07) is 16.9. The largest absolute Gasteiger partial charge is 0.469 e. The van der Waals surface area contributed by atoms with Crippen LogP contribution in [0.25, 0.3) is 11.1 Å². The van der Waals surface area contributed by atoms with Crippen LogP contribution in [-0.2, 0) is 9.53 Å². The third kappa shape index (κ3) is 5.75. The van der Waals surface area contributed by atoms with E-state index in [0.29, 0.717) is 25.1 Å². The van der Waals surface area contributed by atoms with Crippen molar-refractivity contribution in [1.82, 2.24) is 10.2 Å². The van der Waals surface area contributed by atoms with Crippen molar-refractivity contribution >= 4 is 17.8 Å². The molecule has 0 saturated carbocycles. The van der Waals surface area contributed by atoms with E-state index in [1.54, 1.807) is 17.0 Å². The van der Waals surface area contributed by atoms with Crippen molar-refractivity contribution in [3.63, 3.8) is 0 Å². The number of carbonyl (C=O) groups is 2. The first-order valence-corrected chi connectivity index (χ1v) is 10.7. The fourth-order valence-electron chi connectivity index (χ4n) is 3.90. The van der Waals surface area contributed by atoms with Crippen molar-refractivity contribution in [1.29, 1.82) is 5.41 Å². The summed E-state index contributed by atoms with van der Waals surface area (Å²) < 4.78 is 5.00. The van der Waals surface area contributed by atoms with E-state index in [1.165, 1.54) is 7.11 Å². The number of nitrogens with two attached hydrogens (primary N) is 1. The normalized spacial score (nSPS) is 15.3. The van der Waals surface area contributed by atoms with Gasteiger partial charge in [0.25, 0.3) is 5.91 Å². The number of nitrogens with one attached hydrogen (secondary N) is 2. The van der Waals surface area contributed by atoms with Crippen LogP contribution in [0.1, 0.15) is 30.1 Å². The smallest absolute Gasteiger partial charge is 0.311 e. The van der Waals surface area contributed by atoms with E-state index in [2.05, 4.69) is 11.4 Å². The molecule has 0 saturated heterocycles. The molecule has 3 rings (SSSR count). The molecule has 4 N–H and O–H groups in total. The minimum absolute atomic E-state index is 0.0190. The average molecular weight is 435 g/mol. The molecular weight excluding hydrogens is 404 g/mol. The molecule has 0 radical (unpaired) electrons.